The van der Waals surface area contributed by atoms with Crippen molar-refractivity contribution in [2.45, 2.75) is 0 Å². The Morgan fingerprint density at radius 3 is 2.72 bits per heavy atom. The molecule has 1 N–H and O–H groups in total. The van der Waals surface area contributed by atoms with Crippen LogP contribution in [0.2, 0.25) is 5.02 Å². The van der Waals surface area contributed by atoms with Crippen molar-refractivity contribution in [1.82, 2.24) is 0 Å². The Labute approximate surface area is 117 Å². The highest BCUT2D eigenvalue weighted by atomic mass is 79.9. The molecule has 0 spiro atoms. The van der Waals surface area contributed by atoms with Crippen LogP contribution in [0, 0.1) is 0 Å². The number of amides is 1. The normalized spacial score (nSPS) is 12.9. The highest BCUT2D eigenvalue weighted by molar-refractivity contribution is 9.10. The van der Waals surface area contributed by atoms with E-state index in [0.29, 0.717) is 27.8 Å². The van der Waals surface area contributed by atoms with E-state index in [4.69, 9.17) is 16.3 Å². The highest BCUT2D eigenvalue weighted by Crippen LogP contribution is 2.37. The summed E-state index contributed by atoms with van der Waals surface area (Å²) in [6.07, 6.45) is 0. The average molecular weight is 325 g/mol. The summed E-state index contributed by atoms with van der Waals surface area (Å²) in [5.41, 5.74) is 1.05. The second-order valence-electron chi connectivity index (χ2n) is 3.84. The minimum atomic E-state index is -0.215. The molecule has 1 aliphatic heterocycles. The van der Waals surface area contributed by atoms with Crippen LogP contribution in [0.15, 0.2) is 40.9 Å². The molecule has 1 amide bonds. The predicted molar refractivity (Wildman–Crippen MR) is 73.6 cm³/mol. The summed E-state index contributed by atoms with van der Waals surface area (Å²) in [5, 5.41) is 3.32. The third kappa shape index (κ3) is 1.98. The number of nitrogens with one attached hydrogen (secondary N) is 1. The van der Waals surface area contributed by atoms with E-state index in [9.17, 15) is 4.79 Å². The fourth-order valence-corrected chi connectivity index (χ4v) is 2.30. The van der Waals surface area contributed by atoms with Crippen molar-refractivity contribution in [3.63, 3.8) is 0 Å². The molecule has 0 radical (unpaired) electrons. The average Bonchev–Trinajstić information content (AvgIpc) is 2.46. The van der Waals surface area contributed by atoms with Gasteiger partial charge in [0.2, 0.25) is 0 Å². The lowest BCUT2D eigenvalue weighted by molar-refractivity contribution is 0.102. The van der Waals surface area contributed by atoms with E-state index in [-0.39, 0.29) is 5.91 Å². The number of hydrogen-bond donors (Lipinski definition) is 1. The first-order valence-corrected chi connectivity index (χ1v) is 6.39. The topological polar surface area (TPSA) is 38.3 Å². The Hall–Kier alpha value is -1.52. The van der Waals surface area contributed by atoms with E-state index >= 15 is 0 Å². The third-order valence-electron chi connectivity index (χ3n) is 2.60. The smallest absolute Gasteiger partial charge is 0.259 e. The lowest BCUT2D eigenvalue weighted by Gasteiger charge is -2.07. The maximum absolute atomic E-state index is 12.1. The zero-order valence-electron chi connectivity index (χ0n) is 9.04. The quantitative estimate of drug-likeness (QED) is 0.777. The largest absolute Gasteiger partial charge is 0.454 e. The predicted octanol–water partition coefficient (Wildman–Crippen LogP) is 4.46. The summed E-state index contributed by atoms with van der Waals surface area (Å²) in [4.78, 5) is 12.1. The third-order valence-corrected chi connectivity index (χ3v) is 3.32. The molecule has 90 valence electrons. The molecule has 18 heavy (non-hydrogen) atoms. The van der Waals surface area contributed by atoms with Gasteiger partial charge in [-0.05, 0) is 36.4 Å². The summed E-state index contributed by atoms with van der Waals surface area (Å²) < 4.78 is 6.54. The molecule has 0 unspecified atom stereocenters. The van der Waals surface area contributed by atoms with Gasteiger partial charge in [0.05, 0.1) is 11.3 Å². The fourth-order valence-electron chi connectivity index (χ4n) is 1.77. The number of carbonyl (C=O) groups excluding carboxylic acids is 1. The van der Waals surface area contributed by atoms with Gasteiger partial charge < -0.3 is 10.1 Å². The van der Waals surface area contributed by atoms with Gasteiger partial charge in [0.15, 0.2) is 5.75 Å². The standard InChI is InChI=1S/C13H7BrClNO2/c14-7-1-3-11-9(5-7)13(17)16-10-6-8(15)2-4-12(10)18-11/h1-6H,(H,16,17). The van der Waals surface area contributed by atoms with Crippen LogP contribution >= 0.6 is 27.5 Å². The molecule has 0 atom stereocenters. The van der Waals surface area contributed by atoms with E-state index in [1.165, 1.54) is 0 Å². The number of fused-ring (bicyclic) bond motifs is 2. The molecule has 2 aromatic carbocycles. The Kier molecular flexibility index (Phi) is 2.76. The van der Waals surface area contributed by atoms with Crippen molar-refractivity contribution in [3.05, 3.63) is 51.5 Å². The fraction of sp³-hybridized carbons (Fsp3) is 0. The zero-order chi connectivity index (χ0) is 12.7. The first kappa shape index (κ1) is 11.6. The second-order valence-corrected chi connectivity index (χ2v) is 5.19. The Balaban J connectivity index is 2.16. The van der Waals surface area contributed by atoms with Crippen molar-refractivity contribution in [3.8, 4) is 11.5 Å². The van der Waals surface area contributed by atoms with Crippen LogP contribution in [-0.4, -0.2) is 5.91 Å². The summed E-state index contributed by atoms with van der Waals surface area (Å²) in [6, 6.07) is 10.4. The minimum Gasteiger partial charge on any atom is -0.454 e. The van der Waals surface area contributed by atoms with Crippen LogP contribution < -0.4 is 10.1 Å². The van der Waals surface area contributed by atoms with Crippen molar-refractivity contribution < 1.29 is 9.53 Å². The van der Waals surface area contributed by atoms with E-state index in [1.807, 2.05) is 6.07 Å². The Bertz CT molecular complexity index is 657. The summed E-state index contributed by atoms with van der Waals surface area (Å²) in [7, 11) is 0. The van der Waals surface area contributed by atoms with Crippen molar-refractivity contribution in [1.29, 1.82) is 0 Å². The molecule has 0 saturated carbocycles. The first-order chi connectivity index (χ1) is 8.63. The van der Waals surface area contributed by atoms with Crippen molar-refractivity contribution in [2.75, 3.05) is 5.32 Å². The van der Waals surface area contributed by atoms with Gasteiger partial charge in [-0.2, -0.15) is 0 Å². The molecule has 1 aliphatic rings. The van der Waals surface area contributed by atoms with Crippen LogP contribution in [0.5, 0.6) is 11.5 Å². The number of anilines is 1. The van der Waals surface area contributed by atoms with Gasteiger partial charge in [0, 0.05) is 9.50 Å². The first-order valence-electron chi connectivity index (χ1n) is 5.22. The maximum Gasteiger partial charge on any atom is 0.259 e. The van der Waals surface area contributed by atoms with Crippen LogP contribution in [0.1, 0.15) is 10.4 Å². The van der Waals surface area contributed by atoms with E-state index in [0.717, 1.165) is 4.47 Å². The summed E-state index contributed by atoms with van der Waals surface area (Å²) >= 11 is 9.23. The van der Waals surface area contributed by atoms with E-state index in [2.05, 4.69) is 21.2 Å². The molecule has 0 bridgehead atoms. The van der Waals surface area contributed by atoms with Crippen molar-refractivity contribution >= 4 is 39.1 Å². The lowest BCUT2D eigenvalue weighted by atomic mass is 10.2. The summed E-state index contributed by atoms with van der Waals surface area (Å²) in [6.45, 7) is 0. The maximum atomic E-state index is 12.1. The van der Waals surface area contributed by atoms with Crippen LogP contribution in [0.4, 0.5) is 5.69 Å². The molecule has 2 aromatic rings. The van der Waals surface area contributed by atoms with Gasteiger partial charge in [-0.25, -0.2) is 0 Å². The number of halogens is 2. The Morgan fingerprint density at radius 2 is 1.89 bits per heavy atom. The van der Waals surface area contributed by atoms with E-state index in [1.54, 1.807) is 30.3 Å². The summed E-state index contributed by atoms with van der Waals surface area (Å²) in [5.74, 6) is 0.887. The molecule has 0 fully saturated rings. The van der Waals surface area contributed by atoms with Crippen LogP contribution in [-0.2, 0) is 0 Å². The highest BCUT2D eigenvalue weighted by Gasteiger charge is 2.20. The van der Waals surface area contributed by atoms with Gasteiger partial charge in [-0.1, -0.05) is 27.5 Å². The van der Waals surface area contributed by atoms with Crippen molar-refractivity contribution in [2.24, 2.45) is 0 Å². The molecule has 0 saturated heterocycles. The van der Waals surface area contributed by atoms with Gasteiger partial charge in [-0.15, -0.1) is 0 Å². The van der Waals surface area contributed by atoms with E-state index < -0.39 is 0 Å². The monoisotopic (exact) mass is 323 g/mol. The van der Waals surface area contributed by atoms with Crippen LogP contribution in [0.3, 0.4) is 0 Å². The molecule has 3 rings (SSSR count). The second kappa shape index (κ2) is 4.30. The van der Waals surface area contributed by atoms with Gasteiger partial charge >= 0.3 is 0 Å². The number of carbonyl (C=O) groups is 1. The molecule has 3 nitrogen and oxygen atoms in total. The molecule has 0 aliphatic carbocycles. The van der Waals surface area contributed by atoms with Gasteiger partial charge in [0.1, 0.15) is 5.75 Å². The minimum absolute atomic E-state index is 0.215. The number of ether oxygens (including phenoxy) is 1. The zero-order valence-corrected chi connectivity index (χ0v) is 11.4. The number of rotatable bonds is 0. The molecular formula is C13H7BrClNO2. The molecular weight excluding hydrogens is 318 g/mol. The Morgan fingerprint density at radius 1 is 1.11 bits per heavy atom. The number of hydrogen-bond acceptors (Lipinski definition) is 2. The molecule has 5 heteroatoms. The van der Waals surface area contributed by atoms with Crippen LogP contribution in [0.25, 0.3) is 0 Å². The SMILES string of the molecule is O=C1Nc2cc(Cl)ccc2Oc2ccc(Br)cc21. The van der Waals surface area contributed by atoms with Gasteiger partial charge in [-0.3, -0.25) is 4.79 Å². The lowest BCUT2D eigenvalue weighted by Crippen LogP contribution is -2.10. The number of benzene rings is 2. The molecule has 1 heterocycles. The van der Waals surface area contributed by atoms with Gasteiger partial charge in [0.25, 0.3) is 5.91 Å². The molecule has 0 aromatic heterocycles.